The summed E-state index contributed by atoms with van der Waals surface area (Å²) in [6, 6.07) is 10.7. The van der Waals surface area contributed by atoms with E-state index in [1.165, 1.54) is 12.3 Å². The van der Waals surface area contributed by atoms with Gasteiger partial charge in [-0.15, -0.1) is 11.3 Å². The number of thiophene rings is 1. The fraction of sp³-hybridized carbons (Fsp3) is 0.227. The summed E-state index contributed by atoms with van der Waals surface area (Å²) in [6.07, 6.45) is 2.09. The third-order valence-corrected chi connectivity index (χ3v) is 6.13. The number of primary amides is 1. The molecule has 8 heteroatoms. The number of carbonyl (C=O) groups is 2. The lowest BCUT2D eigenvalue weighted by molar-refractivity contribution is 0.0696. The van der Waals surface area contributed by atoms with E-state index in [1.807, 2.05) is 34.5 Å². The largest absolute Gasteiger partial charge is 0.493 e. The van der Waals surface area contributed by atoms with Gasteiger partial charge in [-0.1, -0.05) is 6.07 Å². The highest BCUT2D eigenvalue weighted by atomic mass is 32.1. The normalized spacial score (nSPS) is 15.4. The molecule has 2 aromatic heterocycles. The van der Waals surface area contributed by atoms with Crippen LogP contribution in [0.4, 0.5) is 0 Å². The first kappa shape index (κ1) is 19.9. The number of carbonyl (C=O) groups excluding carboxylic acids is 2. The quantitative estimate of drug-likeness (QED) is 0.681. The Bertz CT molecular complexity index is 1080. The van der Waals surface area contributed by atoms with Crippen molar-refractivity contribution in [2.24, 2.45) is 5.73 Å². The zero-order valence-corrected chi connectivity index (χ0v) is 17.4. The molecule has 0 spiro atoms. The summed E-state index contributed by atoms with van der Waals surface area (Å²) in [5.74, 6) is 0.516. The molecule has 0 bridgehead atoms. The van der Waals surface area contributed by atoms with Crippen molar-refractivity contribution >= 4 is 23.2 Å². The average molecular weight is 423 g/mol. The van der Waals surface area contributed by atoms with Gasteiger partial charge in [0.15, 0.2) is 11.5 Å². The number of hydrogen-bond acceptors (Lipinski definition) is 6. The minimum Gasteiger partial charge on any atom is -0.493 e. The molecule has 3 aromatic rings. The molecule has 0 saturated heterocycles. The van der Waals surface area contributed by atoms with Gasteiger partial charge in [0.1, 0.15) is 5.69 Å². The smallest absolute Gasteiger partial charge is 0.267 e. The molecule has 154 valence electrons. The Hall–Kier alpha value is -3.39. The highest BCUT2D eigenvalue weighted by molar-refractivity contribution is 7.10. The second kappa shape index (κ2) is 8.16. The summed E-state index contributed by atoms with van der Waals surface area (Å²) in [5.41, 5.74) is 7.92. The molecule has 1 atom stereocenters. The molecule has 30 heavy (non-hydrogen) atoms. The maximum Gasteiger partial charge on any atom is 0.267 e. The first-order chi connectivity index (χ1) is 14.5. The summed E-state index contributed by atoms with van der Waals surface area (Å²) >= 11 is 1.60. The van der Waals surface area contributed by atoms with Crippen molar-refractivity contribution < 1.29 is 19.1 Å². The maximum absolute atomic E-state index is 13.4. The zero-order valence-electron chi connectivity index (χ0n) is 16.6. The number of hydrogen-bond donors (Lipinski definition) is 1. The van der Waals surface area contributed by atoms with E-state index in [-0.39, 0.29) is 17.6 Å². The van der Waals surface area contributed by atoms with Crippen LogP contribution in [0.3, 0.4) is 0 Å². The molecule has 3 heterocycles. The van der Waals surface area contributed by atoms with Crippen molar-refractivity contribution in [1.82, 2.24) is 9.88 Å². The fourth-order valence-corrected chi connectivity index (χ4v) is 4.60. The Balaban J connectivity index is 1.77. The van der Waals surface area contributed by atoms with Gasteiger partial charge >= 0.3 is 0 Å². The van der Waals surface area contributed by atoms with Crippen molar-refractivity contribution in [1.29, 1.82) is 0 Å². The SMILES string of the molecule is COc1cc2c(cc1OC)[C@@H](c1cccs1)N(C(=O)c1ccc(C(N)=O)nc1)CC2. The van der Waals surface area contributed by atoms with E-state index in [2.05, 4.69) is 4.98 Å². The second-order valence-corrected chi connectivity index (χ2v) is 7.85. The van der Waals surface area contributed by atoms with E-state index in [9.17, 15) is 9.59 Å². The minimum absolute atomic E-state index is 0.127. The average Bonchev–Trinajstić information content (AvgIpc) is 3.31. The number of rotatable bonds is 5. The van der Waals surface area contributed by atoms with Crippen LogP contribution in [0.5, 0.6) is 11.5 Å². The molecular weight excluding hydrogens is 402 g/mol. The first-order valence-electron chi connectivity index (χ1n) is 9.38. The van der Waals surface area contributed by atoms with E-state index in [0.717, 1.165) is 16.0 Å². The van der Waals surface area contributed by atoms with Crippen LogP contribution >= 0.6 is 11.3 Å². The van der Waals surface area contributed by atoms with E-state index in [0.29, 0.717) is 30.0 Å². The Morgan fingerprint density at radius 3 is 2.53 bits per heavy atom. The highest BCUT2D eigenvalue weighted by Gasteiger charge is 2.34. The fourth-order valence-electron chi connectivity index (χ4n) is 3.75. The van der Waals surface area contributed by atoms with Gasteiger partial charge in [0.25, 0.3) is 11.8 Å². The molecule has 1 aliphatic heterocycles. The Morgan fingerprint density at radius 2 is 1.93 bits per heavy atom. The van der Waals surface area contributed by atoms with Gasteiger partial charge in [-0.25, -0.2) is 0 Å². The van der Waals surface area contributed by atoms with Gasteiger partial charge in [0.2, 0.25) is 0 Å². The summed E-state index contributed by atoms with van der Waals surface area (Å²) in [7, 11) is 3.21. The van der Waals surface area contributed by atoms with Crippen LogP contribution in [0.15, 0.2) is 48.0 Å². The molecule has 0 aliphatic carbocycles. The predicted molar refractivity (Wildman–Crippen MR) is 113 cm³/mol. The molecule has 0 saturated carbocycles. The molecule has 1 aliphatic rings. The number of pyridine rings is 1. The van der Waals surface area contributed by atoms with E-state index in [1.54, 1.807) is 31.6 Å². The van der Waals surface area contributed by atoms with Crippen LogP contribution in [-0.4, -0.2) is 42.5 Å². The van der Waals surface area contributed by atoms with Crippen molar-refractivity contribution in [3.8, 4) is 11.5 Å². The van der Waals surface area contributed by atoms with Gasteiger partial charge < -0.3 is 20.1 Å². The van der Waals surface area contributed by atoms with Crippen LogP contribution in [-0.2, 0) is 6.42 Å². The number of amides is 2. The number of methoxy groups -OCH3 is 2. The lowest BCUT2D eigenvalue weighted by Crippen LogP contribution is -2.40. The van der Waals surface area contributed by atoms with Gasteiger partial charge in [0, 0.05) is 17.6 Å². The van der Waals surface area contributed by atoms with Gasteiger partial charge in [-0.3, -0.25) is 14.6 Å². The van der Waals surface area contributed by atoms with Crippen LogP contribution in [0.2, 0.25) is 0 Å². The minimum atomic E-state index is -0.626. The molecule has 1 aromatic carbocycles. The highest BCUT2D eigenvalue weighted by Crippen LogP contribution is 2.42. The number of fused-ring (bicyclic) bond motifs is 1. The number of aromatic nitrogens is 1. The Labute approximate surface area is 178 Å². The van der Waals surface area contributed by atoms with Crippen molar-refractivity contribution in [3.05, 3.63) is 75.2 Å². The third-order valence-electron chi connectivity index (χ3n) is 5.21. The van der Waals surface area contributed by atoms with Crippen molar-refractivity contribution in [2.45, 2.75) is 12.5 Å². The number of nitrogens with two attached hydrogens (primary N) is 1. The molecule has 7 nitrogen and oxygen atoms in total. The van der Waals surface area contributed by atoms with Crippen molar-refractivity contribution in [2.75, 3.05) is 20.8 Å². The monoisotopic (exact) mass is 423 g/mol. The molecule has 4 rings (SSSR count). The Morgan fingerprint density at radius 1 is 1.17 bits per heavy atom. The molecule has 0 fully saturated rings. The molecule has 2 N–H and O–H groups in total. The van der Waals surface area contributed by atoms with Gasteiger partial charge in [0.05, 0.1) is 25.8 Å². The lowest BCUT2D eigenvalue weighted by atomic mass is 9.90. The standard InChI is InChI=1S/C22H21N3O4S/c1-28-17-10-13-7-8-25(22(27)14-5-6-16(21(23)26)24-12-14)20(19-4-3-9-30-19)15(13)11-18(17)29-2/h3-6,9-12,20H,7-8H2,1-2H3,(H2,23,26)/t20-/m0/s1. The van der Waals surface area contributed by atoms with Crippen LogP contribution in [0, 0.1) is 0 Å². The predicted octanol–water partition coefficient (Wildman–Crippen LogP) is 3.05. The first-order valence-corrected chi connectivity index (χ1v) is 10.3. The van der Waals surface area contributed by atoms with E-state index >= 15 is 0 Å². The molecule has 0 radical (unpaired) electrons. The molecular formula is C22H21N3O4S. The van der Waals surface area contributed by atoms with Gasteiger partial charge in [-0.05, 0) is 53.3 Å². The van der Waals surface area contributed by atoms with E-state index < -0.39 is 5.91 Å². The summed E-state index contributed by atoms with van der Waals surface area (Å²) < 4.78 is 11.0. The van der Waals surface area contributed by atoms with Crippen LogP contribution < -0.4 is 15.2 Å². The lowest BCUT2D eigenvalue weighted by Gasteiger charge is -2.37. The maximum atomic E-state index is 13.4. The summed E-state index contributed by atoms with van der Waals surface area (Å²) in [4.78, 5) is 31.6. The summed E-state index contributed by atoms with van der Waals surface area (Å²) in [5, 5.41) is 2.00. The Kier molecular flexibility index (Phi) is 5.41. The second-order valence-electron chi connectivity index (χ2n) is 6.87. The molecule has 2 amide bonds. The number of ether oxygens (including phenoxy) is 2. The zero-order chi connectivity index (χ0) is 21.3. The van der Waals surface area contributed by atoms with Crippen LogP contribution in [0.1, 0.15) is 42.9 Å². The molecule has 0 unspecified atom stereocenters. The number of nitrogens with zero attached hydrogens (tertiary/aromatic N) is 2. The van der Waals surface area contributed by atoms with Crippen LogP contribution in [0.25, 0.3) is 0 Å². The van der Waals surface area contributed by atoms with E-state index in [4.69, 9.17) is 15.2 Å². The van der Waals surface area contributed by atoms with Crippen molar-refractivity contribution in [3.63, 3.8) is 0 Å². The third kappa shape index (κ3) is 3.50. The topological polar surface area (TPSA) is 94.8 Å². The summed E-state index contributed by atoms with van der Waals surface area (Å²) in [6.45, 7) is 0.543. The van der Waals surface area contributed by atoms with Gasteiger partial charge in [-0.2, -0.15) is 0 Å². The number of benzene rings is 1.